The average Bonchev–Trinajstić information content (AvgIpc) is 3.30. The van der Waals surface area contributed by atoms with Crippen LogP contribution in [0.1, 0.15) is 25.3 Å². The normalized spacial score (nSPS) is 25.6. The minimum absolute atomic E-state index is 0.313. The molecule has 0 radical (unpaired) electrons. The average molecular weight is 302 g/mol. The summed E-state index contributed by atoms with van der Waals surface area (Å²) in [6.07, 6.45) is 2.16. The molecule has 1 aromatic rings. The minimum Gasteiger partial charge on any atom is -0.497 e. The number of ether oxygens (including phenoxy) is 1. The lowest BCUT2D eigenvalue weighted by molar-refractivity contribution is -0.132. The van der Waals surface area contributed by atoms with Crippen molar-refractivity contribution in [3.63, 3.8) is 0 Å². The number of hydrogen-bond donors (Lipinski definition) is 0. The van der Waals surface area contributed by atoms with Gasteiger partial charge in [0, 0.05) is 38.6 Å². The van der Waals surface area contributed by atoms with E-state index in [1.165, 1.54) is 5.56 Å². The van der Waals surface area contributed by atoms with Crippen LogP contribution < -0.4 is 4.74 Å². The first-order valence-electron chi connectivity index (χ1n) is 8.31. The third kappa shape index (κ3) is 3.61. The van der Waals surface area contributed by atoms with Crippen LogP contribution in [0.2, 0.25) is 0 Å². The Labute approximate surface area is 133 Å². The topological polar surface area (TPSA) is 32.8 Å². The molecule has 22 heavy (non-hydrogen) atoms. The third-order valence-electron chi connectivity index (χ3n) is 4.89. The van der Waals surface area contributed by atoms with Crippen molar-refractivity contribution >= 4 is 5.91 Å². The number of carbonyl (C=O) groups excluding carboxylic acids is 1. The van der Waals surface area contributed by atoms with Crippen molar-refractivity contribution in [1.29, 1.82) is 0 Å². The molecule has 2 unspecified atom stereocenters. The molecule has 0 bridgehead atoms. The number of hydrogen-bond acceptors (Lipinski definition) is 3. The second kappa shape index (κ2) is 6.69. The van der Waals surface area contributed by atoms with Crippen LogP contribution in [0.3, 0.4) is 0 Å². The van der Waals surface area contributed by atoms with Crippen LogP contribution in [-0.2, 0) is 11.3 Å². The van der Waals surface area contributed by atoms with E-state index < -0.39 is 0 Å². The van der Waals surface area contributed by atoms with Crippen LogP contribution >= 0.6 is 0 Å². The third-order valence-corrected chi connectivity index (χ3v) is 4.89. The summed E-state index contributed by atoms with van der Waals surface area (Å²) in [7, 11) is 1.69. The van der Waals surface area contributed by atoms with Gasteiger partial charge in [-0.1, -0.05) is 19.1 Å². The molecule has 2 aliphatic rings. The molecule has 1 aliphatic heterocycles. The second-order valence-electron chi connectivity index (χ2n) is 6.62. The lowest BCUT2D eigenvalue weighted by Crippen LogP contribution is -2.36. The maximum atomic E-state index is 12.4. The van der Waals surface area contributed by atoms with Crippen molar-refractivity contribution in [2.24, 2.45) is 11.8 Å². The van der Waals surface area contributed by atoms with Gasteiger partial charge in [-0.05, 0) is 36.5 Å². The highest BCUT2D eigenvalue weighted by Gasteiger charge is 2.41. The van der Waals surface area contributed by atoms with E-state index in [4.69, 9.17) is 4.74 Å². The van der Waals surface area contributed by atoms with Gasteiger partial charge in [0.1, 0.15) is 5.75 Å². The van der Waals surface area contributed by atoms with Crippen molar-refractivity contribution in [3.8, 4) is 5.75 Å². The second-order valence-corrected chi connectivity index (χ2v) is 6.62. The Balaban J connectivity index is 1.52. The fourth-order valence-electron chi connectivity index (χ4n) is 3.24. The van der Waals surface area contributed by atoms with Gasteiger partial charge in [-0.2, -0.15) is 0 Å². The van der Waals surface area contributed by atoms with Crippen molar-refractivity contribution in [1.82, 2.24) is 9.80 Å². The molecule has 4 nitrogen and oxygen atoms in total. The first-order valence-corrected chi connectivity index (χ1v) is 8.31. The van der Waals surface area contributed by atoms with Crippen LogP contribution in [-0.4, -0.2) is 49.0 Å². The molecule has 1 saturated carbocycles. The molecular weight excluding hydrogens is 276 g/mol. The Hall–Kier alpha value is -1.55. The quantitative estimate of drug-likeness (QED) is 0.856. The smallest absolute Gasteiger partial charge is 0.226 e. The van der Waals surface area contributed by atoms with E-state index in [1.807, 2.05) is 12.1 Å². The van der Waals surface area contributed by atoms with Gasteiger partial charge >= 0.3 is 0 Å². The lowest BCUT2D eigenvalue weighted by atomic mass is 10.2. The number of benzene rings is 1. The van der Waals surface area contributed by atoms with Crippen LogP contribution in [0.5, 0.6) is 5.75 Å². The van der Waals surface area contributed by atoms with E-state index in [0.717, 1.165) is 51.3 Å². The fourth-order valence-corrected chi connectivity index (χ4v) is 3.24. The maximum absolute atomic E-state index is 12.4. The van der Waals surface area contributed by atoms with Gasteiger partial charge in [0.2, 0.25) is 5.91 Å². The number of methoxy groups -OCH3 is 1. The summed E-state index contributed by atoms with van der Waals surface area (Å²) in [6, 6.07) is 8.27. The van der Waals surface area contributed by atoms with E-state index >= 15 is 0 Å². The molecule has 1 heterocycles. The molecule has 2 fully saturated rings. The SMILES string of the molecule is COc1ccc(CN2CCCN(C(=O)C3CC3C)CC2)cc1. The molecule has 4 heteroatoms. The summed E-state index contributed by atoms with van der Waals surface area (Å²) < 4.78 is 5.20. The summed E-state index contributed by atoms with van der Waals surface area (Å²) in [5.74, 6) is 2.20. The van der Waals surface area contributed by atoms with E-state index in [1.54, 1.807) is 7.11 Å². The highest BCUT2D eigenvalue weighted by molar-refractivity contribution is 5.81. The van der Waals surface area contributed by atoms with E-state index in [-0.39, 0.29) is 0 Å². The number of rotatable bonds is 4. The van der Waals surface area contributed by atoms with Gasteiger partial charge < -0.3 is 9.64 Å². The summed E-state index contributed by atoms with van der Waals surface area (Å²) in [5.41, 5.74) is 1.30. The van der Waals surface area contributed by atoms with Crippen molar-refractivity contribution < 1.29 is 9.53 Å². The Morgan fingerprint density at radius 1 is 1.18 bits per heavy atom. The molecule has 1 aromatic carbocycles. The molecule has 1 aliphatic carbocycles. The first kappa shape index (κ1) is 15.3. The fraction of sp³-hybridized carbons (Fsp3) is 0.611. The highest BCUT2D eigenvalue weighted by atomic mass is 16.5. The van der Waals surface area contributed by atoms with Crippen molar-refractivity contribution in [3.05, 3.63) is 29.8 Å². The molecule has 0 N–H and O–H groups in total. The predicted octanol–water partition coefficient (Wildman–Crippen LogP) is 2.39. The van der Waals surface area contributed by atoms with Gasteiger partial charge in [-0.25, -0.2) is 0 Å². The van der Waals surface area contributed by atoms with Gasteiger partial charge in [0.05, 0.1) is 7.11 Å². The summed E-state index contributed by atoms with van der Waals surface area (Å²) in [6.45, 7) is 6.95. The van der Waals surface area contributed by atoms with Gasteiger partial charge in [-0.3, -0.25) is 9.69 Å². The van der Waals surface area contributed by atoms with Crippen LogP contribution in [0, 0.1) is 11.8 Å². The highest BCUT2D eigenvalue weighted by Crippen LogP contribution is 2.39. The molecule has 1 saturated heterocycles. The summed E-state index contributed by atoms with van der Waals surface area (Å²) in [4.78, 5) is 16.9. The van der Waals surface area contributed by atoms with Crippen molar-refractivity contribution in [2.45, 2.75) is 26.3 Å². The van der Waals surface area contributed by atoms with Gasteiger partial charge in [0.25, 0.3) is 0 Å². The summed E-state index contributed by atoms with van der Waals surface area (Å²) >= 11 is 0. The Kier molecular flexibility index (Phi) is 4.67. The standard InChI is InChI=1S/C18H26N2O2/c1-14-12-17(14)18(21)20-9-3-8-19(10-11-20)13-15-4-6-16(22-2)7-5-15/h4-7,14,17H,3,8-13H2,1-2H3. The number of nitrogens with zero attached hydrogens (tertiary/aromatic N) is 2. The van der Waals surface area contributed by atoms with Crippen LogP contribution in [0.4, 0.5) is 0 Å². The van der Waals surface area contributed by atoms with Gasteiger partial charge in [0.15, 0.2) is 0 Å². The molecule has 2 atom stereocenters. The zero-order valence-corrected chi connectivity index (χ0v) is 13.6. The maximum Gasteiger partial charge on any atom is 0.226 e. The lowest BCUT2D eigenvalue weighted by Gasteiger charge is -2.22. The number of carbonyl (C=O) groups is 1. The van der Waals surface area contributed by atoms with Crippen LogP contribution in [0.25, 0.3) is 0 Å². The van der Waals surface area contributed by atoms with E-state index in [0.29, 0.717) is 17.7 Å². The molecular formula is C18H26N2O2. The number of amides is 1. The predicted molar refractivity (Wildman–Crippen MR) is 86.7 cm³/mol. The first-order chi connectivity index (χ1) is 10.7. The Morgan fingerprint density at radius 3 is 2.55 bits per heavy atom. The van der Waals surface area contributed by atoms with Crippen LogP contribution in [0.15, 0.2) is 24.3 Å². The monoisotopic (exact) mass is 302 g/mol. The molecule has 0 spiro atoms. The Morgan fingerprint density at radius 2 is 1.91 bits per heavy atom. The molecule has 120 valence electrons. The molecule has 3 rings (SSSR count). The van der Waals surface area contributed by atoms with Crippen molar-refractivity contribution in [2.75, 3.05) is 33.3 Å². The largest absolute Gasteiger partial charge is 0.497 e. The minimum atomic E-state index is 0.313. The zero-order valence-electron chi connectivity index (χ0n) is 13.6. The van der Waals surface area contributed by atoms with E-state index in [9.17, 15) is 4.79 Å². The van der Waals surface area contributed by atoms with E-state index in [2.05, 4.69) is 28.9 Å². The zero-order chi connectivity index (χ0) is 15.5. The Bertz CT molecular complexity index is 514. The van der Waals surface area contributed by atoms with Gasteiger partial charge in [-0.15, -0.1) is 0 Å². The molecule has 0 aromatic heterocycles. The molecule has 1 amide bonds. The summed E-state index contributed by atoms with van der Waals surface area (Å²) in [5, 5.41) is 0.